The van der Waals surface area contributed by atoms with Crippen LogP contribution in [0.15, 0.2) is 83.3 Å². The van der Waals surface area contributed by atoms with Gasteiger partial charge in [0.25, 0.3) is 0 Å². The molecule has 0 bridgehead atoms. The first-order valence-corrected chi connectivity index (χ1v) is 9.97. The lowest BCUT2D eigenvalue weighted by Gasteiger charge is -2.06. The van der Waals surface area contributed by atoms with Gasteiger partial charge in [0.05, 0.1) is 0 Å². The molecular formula is C27H24O5. The largest absolute Gasteiger partial charge is 0.457 e. The molecule has 1 aromatic heterocycles. The summed E-state index contributed by atoms with van der Waals surface area (Å²) in [6.07, 6.45) is 3.80. The summed E-state index contributed by atoms with van der Waals surface area (Å²) >= 11 is 0. The highest BCUT2D eigenvalue weighted by Gasteiger charge is 2.08. The quantitative estimate of drug-likeness (QED) is 0.248. The van der Waals surface area contributed by atoms with Gasteiger partial charge in [-0.25, -0.2) is 9.59 Å². The second-order valence-corrected chi connectivity index (χ2v) is 7.42. The van der Waals surface area contributed by atoms with Crippen LogP contribution in [0.2, 0.25) is 0 Å². The first-order valence-electron chi connectivity index (χ1n) is 9.97. The number of aryl methyl sites for hydroxylation is 1. The Morgan fingerprint density at radius 3 is 2.00 bits per heavy atom. The van der Waals surface area contributed by atoms with Crippen molar-refractivity contribution in [3.05, 3.63) is 95.8 Å². The number of carbonyl (C=O) groups excluding carboxylic acids is 2. The molecule has 3 aromatic rings. The van der Waals surface area contributed by atoms with E-state index in [0.29, 0.717) is 34.2 Å². The third-order valence-corrected chi connectivity index (χ3v) is 4.55. The highest BCUT2D eigenvalue weighted by Crippen LogP contribution is 2.26. The van der Waals surface area contributed by atoms with E-state index in [0.717, 1.165) is 16.7 Å². The molecule has 0 saturated heterocycles. The smallest absolute Gasteiger partial charge is 0.338 e. The number of benzene rings is 2. The summed E-state index contributed by atoms with van der Waals surface area (Å²) in [6.45, 7) is 12.3. The molecule has 5 heteroatoms. The van der Waals surface area contributed by atoms with E-state index < -0.39 is 11.9 Å². The topological polar surface area (TPSA) is 65.7 Å². The van der Waals surface area contributed by atoms with E-state index in [9.17, 15) is 9.59 Å². The van der Waals surface area contributed by atoms with Crippen molar-refractivity contribution in [1.82, 2.24) is 0 Å². The van der Waals surface area contributed by atoms with Crippen molar-refractivity contribution in [2.75, 3.05) is 0 Å². The van der Waals surface area contributed by atoms with E-state index in [1.807, 2.05) is 49.4 Å². The van der Waals surface area contributed by atoms with Crippen molar-refractivity contribution < 1.29 is 23.5 Å². The maximum atomic E-state index is 11.7. The number of hydrogen-bond donors (Lipinski definition) is 0. The van der Waals surface area contributed by atoms with E-state index in [1.54, 1.807) is 38.1 Å². The van der Waals surface area contributed by atoms with Crippen molar-refractivity contribution in [3.8, 4) is 22.8 Å². The van der Waals surface area contributed by atoms with Crippen LogP contribution in [0.3, 0.4) is 0 Å². The molecule has 0 fully saturated rings. The van der Waals surface area contributed by atoms with Crippen LogP contribution in [0.25, 0.3) is 23.5 Å². The third kappa shape index (κ3) is 5.73. The Labute approximate surface area is 187 Å². The van der Waals surface area contributed by atoms with Crippen molar-refractivity contribution in [2.45, 2.75) is 20.8 Å². The summed E-state index contributed by atoms with van der Waals surface area (Å²) in [7, 11) is 0. The molecule has 5 nitrogen and oxygen atoms in total. The zero-order chi connectivity index (χ0) is 23.3. The van der Waals surface area contributed by atoms with Crippen LogP contribution in [0.4, 0.5) is 0 Å². The molecule has 162 valence electrons. The lowest BCUT2D eigenvalue weighted by molar-refractivity contribution is -0.130. The fourth-order valence-electron chi connectivity index (χ4n) is 2.74. The molecule has 0 unspecified atom stereocenters. The molecule has 2 aromatic carbocycles. The van der Waals surface area contributed by atoms with Crippen LogP contribution in [-0.4, -0.2) is 11.9 Å². The maximum Gasteiger partial charge on any atom is 0.338 e. The Hall–Kier alpha value is -4.12. The molecule has 0 aliphatic rings. The Kier molecular flexibility index (Phi) is 6.90. The lowest BCUT2D eigenvalue weighted by atomic mass is 10.1. The van der Waals surface area contributed by atoms with Gasteiger partial charge in [0.2, 0.25) is 0 Å². The fraction of sp³-hybridized carbons (Fsp3) is 0.111. The minimum atomic E-state index is -0.458. The summed E-state index contributed by atoms with van der Waals surface area (Å²) in [5.41, 5.74) is 3.48. The average molecular weight is 428 g/mol. The van der Waals surface area contributed by atoms with Gasteiger partial charge in [-0.1, -0.05) is 25.3 Å². The number of hydrogen-bond acceptors (Lipinski definition) is 5. The molecule has 32 heavy (non-hydrogen) atoms. The zero-order valence-corrected chi connectivity index (χ0v) is 18.3. The van der Waals surface area contributed by atoms with Crippen LogP contribution < -0.4 is 9.47 Å². The van der Waals surface area contributed by atoms with Crippen LogP contribution in [0.1, 0.15) is 30.7 Å². The number of furan rings is 1. The van der Waals surface area contributed by atoms with Crippen LogP contribution in [0.5, 0.6) is 11.5 Å². The first kappa shape index (κ1) is 22.6. The Balaban J connectivity index is 1.68. The van der Waals surface area contributed by atoms with Crippen LogP contribution in [0, 0.1) is 6.92 Å². The second kappa shape index (κ2) is 9.79. The zero-order valence-electron chi connectivity index (χ0n) is 18.3. The third-order valence-electron chi connectivity index (χ3n) is 4.55. The summed E-state index contributed by atoms with van der Waals surface area (Å²) in [5.74, 6) is 1.40. The molecule has 1 heterocycles. The SMILES string of the molecule is C=C(C)C(=O)Oc1ccc(-c2ccc(C=Cc3ccc(OC(=O)C(=C)C)cc3C)o2)cc1. The van der Waals surface area contributed by atoms with Gasteiger partial charge in [0.1, 0.15) is 23.0 Å². The monoisotopic (exact) mass is 428 g/mol. The van der Waals surface area contributed by atoms with Gasteiger partial charge in [-0.05, 0) is 86.5 Å². The number of esters is 2. The summed E-state index contributed by atoms with van der Waals surface area (Å²) < 4.78 is 16.4. The van der Waals surface area contributed by atoms with Gasteiger partial charge < -0.3 is 13.9 Å². The number of ether oxygens (including phenoxy) is 2. The summed E-state index contributed by atoms with van der Waals surface area (Å²) in [6, 6.07) is 16.2. The average Bonchev–Trinajstić information content (AvgIpc) is 3.22. The Bertz CT molecular complexity index is 1210. The van der Waals surface area contributed by atoms with E-state index in [2.05, 4.69) is 13.2 Å². The van der Waals surface area contributed by atoms with Crippen molar-refractivity contribution >= 4 is 24.1 Å². The highest BCUT2D eigenvalue weighted by atomic mass is 16.5. The minimum Gasteiger partial charge on any atom is -0.457 e. The van der Waals surface area contributed by atoms with Gasteiger partial charge in [-0.3, -0.25) is 0 Å². The molecule has 0 aliphatic heterocycles. The van der Waals surface area contributed by atoms with E-state index in [4.69, 9.17) is 13.9 Å². The number of carbonyl (C=O) groups is 2. The summed E-state index contributed by atoms with van der Waals surface area (Å²) in [4.78, 5) is 23.3. The Morgan fingerprint density at radius 1 is 0.812 bits per heavy atom. The molecule has 0 amide bonds. The molecule has 0 spiro atoms. The maximum absolute atomic E-state index is 11.7. The molecular weight excluding hydrogens is 404 g/mol. The Morgan fingerprint density at radius 2 is 1.41 bits per heavy atom. The van der Waals surface area contributed by atoms with E-state index >= 15 is 0 Å². The molecule has 0 aliphatic carbocycles. The van der Waals surface area contributed by atoms with Crippen LogP contribution >= 0.6 is 0 Å². The van der Waals surface area contributed by atoms with E-state index in [-0.39, 0.29) is 0 Å². The van der Waals surface area contributed by atoms with Crippen molar-refractivity contribution in [3.63, 3.8) is 0 Å². The lowest BCUT2D eigenvalue weighted by Crippen LogP contribution is -2.08. The summed E-state index contributed by atoms with van der Waals surface area (Å²) in [5, 5.41) is 0. The van der Waals surface area contributed by atoms with Gasteiger partial charge in [0.15, 0.2) is 0 Å². The first-order chi connectivity index (χ1) is 15.2. The molecule has 0 radical (unpaired) electrons. The second-order valence-electron chi connectivity index (χ2n) is 7.42. The van der Waals surface area contributed by atoms with Gasteiger partial charge in [-0.2, -0.15) is 0 Å². The fourth-order valence-corrected chi connectivity index (χ4v) is 2.74. The predicted octanol–water partition coefficient (Wildman–Crippen LogP) is 6.39. The highest BCUT2D eigenvalue weighted by molar-refractivity contribution is 5.89. The molecule has 0 saturated carbocycles. The van der Waals surface area contributed by atoms with Crippen molar-refractivity contribution in [2.24, 2.45) is 0 Å². The molecule has 0 N–H and O–H groups in total. The van der Waals surface area contributed by atoms with Crippen molar-refractivity contribution in [1.29, 1.82) is 0 Å². The number of rotatable bonds is 7. The minimum absolute atomic E-state index is 0.342. The van der Waals surface area contributed by atoms with Gasteiger partial charge in [0, 0.05) is 16.7 Å². The van der Waals surface area contributed by atoms with Gasteiger partial charge in [-0.15, -0.1) is 0 Å². The predicted molar refractivity (Wildman–Crippen MR) is 125 cm³/mol. The normalized spacial score (nSPS) is 10.7. The van der Waals surface area contributed by atoms with E-state index in [1.165, 1.54) is 0 Å². The molecule has 0 atom stereocenters. The van der Waals surface area contributed by atoms with Gasteiger partial charge >= 0.3 is 11.9 Å². The standard InChI is InChI=1S/C27H24O5/c1-17(2)26(28)31-23-11-8-21(9-12-23)25-15-14-22(30-25)10-6-20-7-13-24(16-19(20)5)32-27(29)18(3)4/h6-16H,1,3H2,2,4-5H3. The molecule has 3 rings (SSSR count). The van der Waals surface area contributed by atoms with Crippen LogP contribution in [-0.2, 0) is 9.59 Å².